The zero-order valence-corrected chi connectivity index (χ0v) is 4.29. The van der Waals surface area contributed by atoms with E-state index in [0.29, 0.717) is 0 Å². The molecule has 0 fully saturated rings. The van der Waals surface area contributed by atoms with Gasteiger partial charge in [-0.25, -0.2) is 5.11 Å². The molecule has 0 bridgehead atoms. The van der Waals surface area contributed by atoms with E-state index in [0.717, 1.165) is 0 Å². The first-order valence-corrected chi connectivity index (χ1v) is 2.21. The average Bonchev–Trinajstić information content (AvgIpc) is 1.68. The molecule has 0 aromatic carbocycles. The Hall–Kier alpha value is -1.06. The molecule has 0 heterocycles. The van der Waals surface area contributed by atoms with E-state index in [1.807, 2.05) is 0 Å². The fourth-order valence-corrected chi connectivity index (χ4v) is 0.276. The van der Waals surface area contributed by atoms with E-state index in [-0.39, 0.29) is 12.8 Å². The third-order valence-electron chi connectivity index (χ3n) is 0.638. The molecule has 0 atom stereocenters. The topological polar surface area (TPSA) is 67.5 Å². The largest absolute Gasteiger partial charge is 0.231 e. The maximum atomic E-state index is 10.3. The van der Waals surface area contributed by atoms with Crippen LogP contribution in [-0.2, 0) is 5.11 Å². The zero-order valence-electron chi connectivity index (χ0n) is 4.29. The molecule has 0 aromatic rings. The van der Waals surface area contributed by atoms with Crippen LogP contribution in [0, 0.1) is 22.7 Å². The molecular weight excluding hydrogens is 104 g/mol. The Kier molecular flexibility index (Phi) is 3.56. The predicted octanol–water partition coefficient (Wildman–Crippen LogP) is 0.613. The number of hydrogen-bond donors (Lipinski definition) is 0. The first-order valence-electron chi connectivity index (χ1n) is 2.21. The summed E-state index contributed by atoms with van der Waals surface area (Å²) in [5.74, 6) is 0. The number of nitrogens with zero attached hydrogens (tertiary/aromatic N) is 2. The minimum atomic E-state index is -1.01. The summed E-state index contributed by atoms with van der Waals surface area (Å²) in [4.78, 5) is 0. The zero-order chi connectivity index (χ0) is 6.41. The van der Waals surface area contributed by atoms with Gasteiger partial charge in [-0.05, 0) is 0 Å². The van der Waals surface area contributed by atoms with Crippen LogP contribution in [-0.4, -0.2) is 6.10 Å². The van der Waals surface area contributed by atoms with Crippen LogP contribution < -0.4 is 0 Å². The lowest BCUT2D eigenvalue weighted by Gasteiger charge is -1.90. The first-order chi connectivity index (χ1) is 3.81. The average molecular weight is 109 g/mol. The van der Waals surface area contributed by atoms with Gasteiger partial charge < -0.3 is 0 Å². The smallest absolute Gasteiger partial charge is 0.119 e. The Morgan fingerprint density at radius 3 is 1.88 bits per heavy atom. The van der Waals surface area contributed by atoms with Crippen LogP contribution in [0.3, 0.4) is 0 Å². The molecule has 0 N–H and O–H groups in total. The second-order valence-electron chi connectivity index (χ2n) is 1.35. The molecule has 0 saturated heterocycles. The van der Waals surface area contributed by atoms with E-state index >= 15 is 0 Å². The van der Waals surface area contributed by atoms with Gasteiger partial charge in [0, 0.05) is 0 Å². The van der Waals surface area contributed by atoms with Crippen molar-refractivity contribution >= 4 is 0 Å². The van der Waals surface area contributed by atoms with Crippen LogP contribution in [0.1, 0.15) is 12.8 Å². The lowest BCUT2D eigenvalue weighted by molar-refractivity contribution is 0.0972. The summed E-state index contributed by atoms with van der Waals surface area (Å²) in [6, 6.07) is 3.38. The van der Waals surface area contributed by atoms with Crippen LogP contribution in [0.15, 0.2) is 0 Å². The van der Waals surface area contributed by atoms with Gasteiger partial charge in [-0.2, -0.15) is 10.5 Å². The van der Waals surface area contributed by atoms with Crippen molar-refractivity contribution in [3.05, 3.63) is 0 Å². The molecular formula is C5H5N2O. The summed E-state index contributed by atoms with van der Waals surface area (Å²) in [5.41, 5.74) is 0. The fourth-order valence-electron chi connectivity index (χ4n) is 0.276. The Labute approximate surface area is 47.8 Å². The van der Waals surface area contributed by atoms with Crippen LogP contribution in [0.5, 0.6) is 0 Å². The van der Waals surface area contributed by atoms with Crippen molar-refractivity contribution < 1.29 is 5.11 Å². The summed E-state index contributed by atoms with van der Waals surface area (Å²) >= 11 is 0. The molecule has 3 heteroatoms. The van der Waals surface area contributed by atoms with Gasteiger partial charge in [-0.1, -0.05) is 0 Å². The van der Waals surface area contributed by atoms with Gasteiger partial charge in [-0.15, -0.1) is 0 Å². The van der Waals surface area contributed by atoms with Crippen LogP contribution in [0.25, 0.3) is 0 Å². The molecule has 0 aliphatic heterocycles. The van der Waals surface area contributed by atoms with Gasteiger partial charge in [0.1, 0.15) is 6.10 Å². The second kappa shape index (κ2) is 4.11. The lowest BCUT2D eigenvalue weighted by atomic mass is 10.2. The quantitative estimate of drug-likeness (QED) is 0.521. The minimum absolute atomic E-state index is 0.0619. The van der Waals surface area contributed by atoms with Crippen molar-refractivity contribution in [3.63, 3.8) is 0 Å². The third-order valence-corrected chi connectivity index (χ3v) is 0.638. The Balaban J connectivity index is 3.25. The predicted molar refractivity (Wildman–Crippen MR) is 24.9 cm³/mol. The highest BCUT2D eigenvalue weighted by atomic mass is 16.3. The van der Waals surface area contributed by atoms with Gasteiger partial charge in [-0.3, -0.25) is 0 Å². The Morgan fingerprint density at radius 2 is 1.62 bits per heavy atom. The molecule has 0 aliphatic rings. The van der Waals surface area contributed by atoms with E-state index in [9.17, 15) is 5.11 Å². The van der Waals surface area contributed by atoms with E-state index in [4.69, 9.17) is 10.5 Å². The van der Waals surface area contributed by atoms with E-state index in [2.05, 4.69) is 0 Å². The highest BCUT2D eigenvalue weighted by Crippen LogP contribution is 1.93. The first kappa shape index (κ1) is 6.94. The molecule has 8 heavy (non-hydrogen) atoms. The van der Waals surface area contributed by atoms with Gasteiger partial charge in [0.25, 0.3) is 0 Å². The van der Waals surface area contributed by atoms with E-state index < -0.39 is 6.10 Å². The van der Waals surface area contributed by atoms with Crippen LogP contribution in [0.4, 0.5) is 0 Å². The standard InChI is InChI=1S/C5H5N2O/c6-3-1-5(8)2-4-7/h5H,1-2H2. The van der Waals surface area contributed by atoms with Gasteiger partial charge in [0.2, 0.25) is 0 Å². The van der Waals surface area contributed by atoms with Crippen molar-refractivity contribution in [2.24, 2.45) is 0 Å². The number of rotatable bonds is 2. The summed E-state index contributed by atoms with van der Waals surface area (Å²) in [6.45, 7) is 0. The number of nitriles is 2. The molecule has 0 aliphatic carbocycles. The molecule has 0 aromatic heterocycles. The highest BCUT2D eigenvalue weighted by Gasteiger charge is 2.01. The van der Waals surface area contributed by atoms with Gasteiger partial charge >= 0.3 is 0 Å². The van der Waals surface area contributed by atoms with E-state index in [1.54, 1.807) is 12.1 Å². The molecule has 0 amide bonds. The summed E-state index contributed by atoms with van der Waals surface area (Å²) < 4.78 is 0. The SMILES string of the molecule is N#CCC([O])CC#N. The lowest BCUT2D eigenvalue weighted by Crippen LogP contribution is -1.99. The van der Waals surface area contributed by atoms with Crippen molar-refractivity contribution in [1.82, 2.24) is 0 Å². The monoisotopic (exact) mass is 109 g/mol. The Morgan fingerprint density at radius 1 is 1.25 bits per heavy atom. The molecule has 0 unspecified atom stereocenters. The summed E-state index contributed by atoms with van der Waals surface area (Å²) in [6.07, 6.45) is -1.13. The molecule has 41 valence electrons. The molecule has 1 radical (unpaired) electrons. The maximum Gasteiger partial charge on any atom is 0.119 e. The van der Waals surface area contributed by atoms with Crippen molar-refractivity contribution in [2.45, 2.75) is 18.9 Å². The van der Waals surface area contributed by atoms with E-state index in [1.165, 1.54) is 0 Å². The highest BCUT2D eigenvalue weighted by molar-refractivity contribution is 4.82. The van der Waals surface area contributed by atoms with Crippen molar-refractivity contribution in [3.8, 4) is 12.1 Å². The van der Waals surface area contributed by atoms with Crippen molar-refractivity contribution in [2.75, 3.05) is 0 Å². The molecule has 0 spiro atoms. The van der Waals surface area contributed by atoms with Gasteiger partial charge in [0.05, 0.1) is 25.0 Å². The minimum Gasteiger partial charge on any atom is -0.231 e. The van der Waals surface area contributed by atoms with Crippen LogP contribution >= 0.6 is 0 Å². The normalized spacial score (nSPS) is 8.00. The van der Waals surface area contributed by atoms with Crippen molar-refractivity contribution in [1.29, 1.82) is 10.5 Å². The maximum absolute atomic E-state index is 10.3. The molecule has 3 nitrogen and oxygen atoms in total. The Bertz CT molecular complexity index is 114. The van der Waals surface area contributed by atoms with Crippen LogP contribution in [0.2, 0.25) is 0 Å². The van der Waals surface area contributed by atoms with Gasteiger partial charge in [0.15, 0.2) is 0 Å². The third kappa shape index (κ3) is 3.14. The number of hydrogen-bond acceptors (Lipinski definition) is 2. The fraction of sp³-hybridized carbons (Fsp3) is 0.600. The molecule has 0 saturated carbocycles. The summed E-state index contributed by atoms with van der Waals surface area (Å²) in [5, 5.41) is 26.1. The second-order valence-corrected chi connectivity index (χ2v) is 1.35. The molecule has 0 rings (SSSR count). The summed E-state index contributed by atoms with van der Waals surface area (Å²) in [7, 11) is 0.